The minimum absolute atomic E-state index is 1.02. The van der Waals surface area contributed by atoms with E-state index in [-0.39, 0.29) is 0 Å². The molecule has 0 aliphatic heterocycles. The Morgan fingerprint density at radius 3 is 1.29 bits per heavy atom. The van der Waals surface area contributed by atoms with Crippen molar-refractivity contribution in [3.05, 3.63) is 109 Å². The van der Waals surface area contributed by atoms with Crippen LogP contribution in [0.2, 0.25) is 0 Å². The lowest BCUT2D eigenvalue weighted by Crippen LogP contribution is -1.75. The van der Waals surface area contributed by atoms with Gasteiger partial charge in [0.2, 0.25) is 0 Å². The number of rotatable bonds is 4. The highest BCUT2D eigenvalue weighted by molar-refractivity contribution is 7.33. The molecule has 0 spiro atoms. The average molecular weight is 559 g/mol. The molecule has 0 aliphatic carbocycles. The topological polar surface area (TPSA) is 25.8 Å². The number of thiazole rings is 2. The van der Waals surface area contributed by atoms with Crippen molar-refractivity contribution in [3.8, 4) is 42.0 Å². The van der Waals surface area contributed by atoms with Crippen molar-refractivity contribution < 1.29 is 0 Å². The van der Waals surface area contributed by atoms with Crippen molar-refractivity contribution in [2.45, 2.75) is 0 Å². The molecule has 2 nitrogen and oxygen atoms in total. The van der Waals surface area contributed by atoms with Gasteiger partial charge >= 0.3 is 0 Å². The number of hydrogen-bond acceptors (Lipinski definition) is 6. The first-order valence-electron chi connectivity index (χ1n) is 12.2. The first-order valence-corrected chi connectivity index (χ1v) is 15.5. The molecule has 0 saturated heterocycles. The fraction of sp³-hybridized carbons (Fsp3) is 0. The lowest BCUT2D eigenvalue weighted by molar-refractivity contribution is 1.51. The van der Waals surface area contributed by atoms with E-state index in [1.807, 2.05) is 0 Å². The van der Waals surface area contributed by atoms with E-state index in [2.05, 4.69) is 109 Å². The highest BCUT2D eigenvalue weighted by Gasteiger charge is 2.17. The van der Waals surface area contributed by atoms with Crippen LogP contribution < -0.4 is 0 Å². The molecule has 0 unspecified atom stereocenters. The standard InChI is InChI=1S/C32H18N2S4/c1-3-7-19(8-4-1)21-11-13-25-23(15-21)17-27(35-25)29-33-31-32(37-29)34-30(38-31)28-18-24-16-22(12-14-26(24)36-28)20-9-5-2-6-10-20/h1-18H. The number of thiophene rings is 2. The van der Waals surface area contributed by atoms with Crippen LogP contribution in [0, 0.1) is 0 Å². The molecule has 180 valence electrons. The molecule has 4 aromatic heterocycles. The van der Waals surface area contributed by atoms with E-state index in [1.165, 1.54) is 52.2 Å². The Balaban J connectivity index is 1.11. The zero-order valence-corrected chi connectivity index (χ0v) is 23.2. The quantitative estimate of drug-likeness (QED) is 0.215. The Morgan fingerprint density at radius 1 is 0.395 bits per heavy atom. The number of benzene rings is 4. The third-order valence-electron chi connectivity index (χ3n) is 6.64. The minimum atomic E-state index is 1.02. The largest absolute Gasteiger partial charge is 0.222 e. The summed E-state index contributed by atoms with van der Waals surface area (Å²) in [6.45, 7) is 0. The monoisotopic (exact) mass is 558 g/mol. The van der Waals surface area contributed by atoms with E-state index in [0.717, 1.165) is 19.7 Å². The van der Waals surface area contributed by atoms with Gasteiger partial charge in [0.25, 0.3) is 0 Å². The van der Waals surface area contributed by atoms with Gasteiger partial charge < -0.3 is 0 Å². The summed E-state index contributed by atoms with van der Waals surface area (Å²) >= 11 is 6.99. The fourth-order valence-corrected chi connectivity index (χ4v) is 8.99. The summed E-state index contributed by atoms with van der Waals surface area (Å²) in [5, 5.41) is 4.63. The Hall–Kier alpha value is -3.68. The van der Waals surface area contributed by atoms with Gasteiger partial charge in [0.15, 0.2) is 9.66 Å². The van der Waals surface area contributed by atoms with Gasteiger partial charge in [0.1, 0.15) is 10.0 Å². The SMILES string of the molecule is c1ccc(-c2ccc3sc(-c4nc5sc(-c6cc7cc(-c8ccccc8)ccc7s6)nc5s4)cc3c2)cc1. The van der Waals surface area contributed by atoms with Crippen molar-refractivity contribution >= 4 is 75.2 Å². The molecule has 0 atom stereocenters. The smallest absolute Gasteiger partial charge is 0.155 e. The summed E-state index contributed by atoms with van der Waals surface area (Å²) in [6.07, 6.45) is 0. The second kappa shape index (κ2) is 8.96. The number of fused-ring (bicyclic) bond motifs is 3. The summed E-state index contributed by atoms with van der Waals surface area (Å²) in [4.78, 5) is 14.5. The van der Waals surface area contributed by atoms with Gasteiger partial charge in [-0.15, -0.1) is 22.7 Å². The average Bonchev–Trinajstić information content (AvgIpc) is 3.74. The maximum Gasteiger partial charge on any atom is 0.155 e. The lowest BCUT2D eigenvalue weighted by atomic mass is 10.0. The number of hydrogen-bond donors (Lipinski definition) is 0. The zero-order valence-electron chi connectivity index (χ0n) is 19.9. The molecule has 8 aromatic rings. The molecule has 0 radical (unpaired) electrons. The maximum atomic E-state index is 5.00. The molecule has 4 heterocycles. The summed E-state index contributed by atoms with van der Waals surface area (Å²) < 4.78 is 2.57. The van der Waals surface area contributed by atoms with Crippen LogP contribution in [0.3, 0.4) is 0 Å². The van der Waals surface area contributed by atoms with E-state index in [9.17, 15) is 0 Å². The molecule has 8 rings (SSSR count). The van der Waals surface area contributed by atoms with Gasteiger partial charge in [0.05, 0.1) is 9.75 Å². The summed E-state index contributed by atoms with van der Waals surface area (Å²) in [5.74, 6) is 0. The van der Waals surface area contributed by atoms with E-state index < -0.39 is 0 Å². The first-order chi connectivity index (χ1) is 18.8. The molecule has 0 fully saturated rings. The van der Waals surface area contributed by atoms with Gasteiger partial charge in [0, 0.05) is 9.40 Å². The molecule has 0 amide bonds. The predicted octanol–water partition coefficient (Wildman–Crippen LogP) is 10.9. The van der Waals surface area contributed by atoms with Crippen LogP contribution in [-0.2, 0) is 0 Å². The molecule has 4 aromatic carbocycles. The van der Waals surface area contributed by atoms with Crippen LogP contribution in [0.25, 0.3) is 71.9 Å². The zero-order chi connectivity index (χ0) is 25.1. The predicted molar refractivity (Wildman–Crippen MR) is 168 cm³/mol. The Labute approximate surface area is 235 Å². The van der Waals surface area contributed by atoms with Gasteiger partial charge in [-0.05, 0) is 69.4 Å². The molecule has 6 heteroatoms. The van der Waals surface area contributed by atoms with Crippen LogP contribution in [0.15, 0.2) is 109 Å². The second-order valence-corrected chi connectivity index (χ2v) is 13.2. The van der Waals surface area contributed by atoms with E-state index in [0.29, 0.717) is 0 Å². The third kappa shape index (κ3) is 3.89. The Bertz CT molecular complexity index is 1900. The highest BCUT2D eigenvalue weighted by atomic mass is 32.1. The minimum Gasteiger partial charge on any atom is -0.222 e. The van der Waals surface area contributed by atoms with Crippen LogP contribution in [0.4, 0.5) is 0 Å². The van der Waals surface area contributed by atoms with Gasteiger partial charge in [-0.25, -0.2) is 9.97 Å². The Kier molecular flexibility index (Phi) is 5.26. The maximum absolute atomic E-state index is 5.00. The molecule has 0 saturated carbocycles. The molecular weight excluding hydrogens is 541 g/mol. The molecular formula is C32H18N2S4. The van der Waals surface area contributed by atoms with E-state index >= 15 is 0 Å². The van der Waals surface area contributed by atoms with Gasteiger partial charge in [-0.3, -0.25) is 0 Å². The Morgan fingerprint density at radius 2 is 0.842 bits per heavy atom. The van der Waals surface area contributed by atoms with E-state index in [4.69, 9.17) is 9.97 Å². The second-order valence-electron chi connectivity index (χ2n) is 9.11. The van der Waals surface area contributed by atoms with Crippen molar-refractivity contribution in [1.29, 1.82) is 0 Å². The van der Waals surface area contributed by atoms with Gasteiger partial charge in [-0.2, -0.15) is 0 Å². The molecule has 38 heavy (non-hydrogen) atoms. The van der Waals surface area contributed by atoms with Crippen LogP contribution in [-0.4, -0.2) is 9.97 Å². The summed E-state index contributed by atoms with van der Waals surface area (Å²) in [5.41, 5.74) is 4.97. The van der Waals surface area contributed by atoms with Crippen molar-refractivity contribution in [3.63, 3.8) is 0 Å². The van der Waals surface area contributed by atoms with E-state index in [1.54, 1.807) is 45.3 Å². The van der Waals surface area contributed by atoms with Crippen molar-refractivity contribution in [2.24, 2.45) is 0 Å². The lowest BCUT2D eigenvalue weighted by Gasteiger charge is -2.00. The van der Waals surface area contributed by atoms with Gasteiger partial charge in [-0.1, -0.05) is 95.5 Å². The number of nitrogens with zero attached hydrogens (tertiary/aromatic N) is 2. The molecule has 0 N–H and O–H groups in total. The van der Waals surface area contributed by atoms with Crippen LogP contribution in [0.1, 0.15) is 0 Å². The van der Waals surface area contributed by atoms with Crippen molar-refractivity contribution in [2.75, 3.05) is 0 Å². The van der Waals surface area contributed by atoms with Crippen LogP contribution in [0.5, 0.6) is 0 Å². The third-order valence-corrected chi connectivity index (χ3v) is 11.2. The number of aromatic nitrogens is 2. The highest BCUT2D eigenvalue weighted by Crippen LogP contribution is 2.43. The normalized spacial score (nSPS) is 11.7. The fourth-order valence-electron chi connectivity index (χ4n) is 4.77. The van der Waals surface area contributed by atoms with Crippen molar-refractivity contribution in [1.82, 2.24) is 9.97 Å². The molecule has 0 bridgehead atoms. The first kappa shape index (κ1) is 22.3. The van der Waals surface area contributed by atoms with Crippen LogP contribution >= 0.6 is 45.3 Å². The summed E-state index contributed by atoms with van der Waals surface area (Å²) in [7, 11) is 0. The molecule has 0 aliphatic rings. The summed E-state index contributed by atoms with van der Waals surface area (Å²) in [6, 6.07) is 39.1.